The Bertz CT molecular complexity index is 619. The number of hydrogen-bond donors (Lipinski definition) is 1. The smallest absolute Gasteiger partial charge is 0.188 e. The fraction of sp³-hybridized carbons (Fsp3) is 0.438. The van der Waals surface area contributed by atoms with Gasteiger partial charge in [0.15, 0.2) is 8.32 Å². The minimum Gasteiger partial charge on any atom is -0.432 e. The highest BCUT2D eigenvalue weighted by molar-refractivity contribution is 9.10. The molecule has 0 bridgehead atoms. The number of aryl methyl sites for hydroxylation is 1. The molecule has 0 saturated carbocycles. The lowest BCUT2D eigenvalue weighted by Crippen LogP contribution is -2.39. The molecule has 2 aromatic rings. The van der Waals surface area contributed by atoms with Gasteiger partial charge in [-0.1, -0.05) is 41.9 Å². The molecule has 0 atom stereocenters. The van der Waals surface area contributed by atoms with Gasteiger partial charge in [0, 0.05) is 15.6 Å². The number of fused-ring (bicyclic) bond motifs is 1. The van der Waals surface area contributed by atoms with E-state index in [4.69, 9.17) is 4.98 Å². The van der Waals surface area contributed by atoms with Gasteiger partial charge in [0.25, 0.3) is 0 Å². The largest absolute Gasteiger partial charge is 0.432 e. The van der Waals surface area contributed by atoms with Crippen LogP contribution in [0.25, 0.3) is 10.9 Å². The third kappa shape index (κ3) is 3.48. The summed E-state index contributed by atoms with van der Waals surface area (Å²) in [6.07, 6.45) is 1.88. The Labute approximate surface area is 130 Å². The van der Waals surface area contributed by atoms with Crippen molar-refractivity contribution in [3.63, 3.8) is 0 Å². The topological polar surface area (TPSA) is 33.1 Å². The summed E-state index contributed by atoms with van der Waals surface area (Å²) in [6, 6.07) is 10.4. The molecule has 108 valence electrons. The lowest BCUT2D eigenvalue weighted by atomic mass is 10.0. The average Bonchev–Trinajstić information content (AvgIpc) is 2.34. The van der Waals surface area contributed by atoms with E-state index in [0.29, 0.717) is 0 Å². The predicted molar refractivity (Wildman–Crippen MR) is 91.5 cm³/mol. The third-order valence-electron chi connectivity index (χ3n) is 4.37. The molecule has 0 radical (unpaired) electrons. The van der Waals surface area contributed by atoms with E-state index in [1.165, 1.54) is 0 Å². The van der Waals surface area contributed by atoms with Gasteiger partial charge in [0.2, 0.25) is 0 Å². The van der Waals surface area contributed by atoms with Gasteiger partial charge in [-0.3, -0.25) is 4.98 Å². The molecular weight excluding hydrogens is 330 g/mol. The Morgan fingerprint density at radius 1 is 1.20 bits per heavy atom. The Morgan fingerprint density at radius 3 is 2.50 bits per heavy atom. The summed E-state index contributed by atoms with van der Waals surface area (Å²) in [6.45, 7) is 8.35. The highest BCUT2D eigenvalue weighted by Crippen LogP contribution is 2.39. The maximum Gasteiger partial charge on any atom is 0.188 e. The van der Waals surface area contributed by atoms with Crippen molar-refractivity contribution in [2.45, 2.75) is 44.8 Å². The van der Waals surface area contributed by atoms with Gasteiger partial charge in [0.1, 0.15) is 0 Å². The molecule has 1 aromatic carbocycles. The summed E-state index contributed by atoms with van der Waals surface area (Å²) < 4.78 is 1.05. The fourth-order valence-electron chi connectivity index (χ4n) is 2.02. The lowest BCUT2D eigenvalue weighted by Gasteiger charge is -2.35. The number of pyridine rings is 1. The maximum absolute atomic E-state index is 10.3. The van der Waals surface area contributed by atoms with Crippen molar-refractivity contribution in [1.82, 2.24) is 4.98 Å². The molecule has 1 aromatic heterocycles. The van der Waals surface area contributed by atoms with Crippen molar-refractivity contribution >= 4 is 35.2 Å². The first-order valence-electron chi connectivity index (χ1n) is 6.97. The van der Waals surface area contributed by atoms with E-state index in [2.05, 4.69) is 54.0 Å². The van der Waals surface area contributed by atoms with E-state index in [9.17, 15) is 4.80 Å². The number of rotatable bonds is 4. The molecule has 1 heterocycles. The van der Waals surface area contributed by atoms with E-state index >= 15 is 0 Å². The van der Waals surface area contributed by atoms with Crippen molar-refractivity contribution < 1.29 is 4.80 Å². The summed E-state index contributed by atoms with van der Waals surface area (Å²) in [5.41, 5.74) is 2.12. The standard InChI is InChI=1S/C16H22BrNOSi/c1-16(2,20(3,4)19)10-9-14-8-6-12-5-7-13(17)11-15(12)18-14/h5-8,11,19H,9-10H2,1-4H3. The van der Waals surface area contributed by atoms with Gasteiger partial charge in [-0.15, -0.1) is 0 Å². The van der Waals surface area contributed by atoms with Gasteiger partial charge < -0.3 is 4.80 Å². The first-order chi connectivity index (χ1) is 9.19. The molecule has 2 rings (SSSR count). The quantitative estimate of drug-likeness (QED) is 0.794. The number of halogens is 1. The molecule has 0 aliphatic rings. The molecule has 0 saturated heterocycles. The van der Waals surface area contributed by atoms with Crippen LogP contribution in [0.2, 0.25) is 18.1 Å². The monoisotopic (exact) mass is 351 g/mol. The number of benzene rings is 1. The molecule has 0 aliphatic heterocycles. The predicted octanol–water partition coefficient (Wildman–Crippen LogP) is 4.91. The number of aromatic nitrogens is 1. The first-order valence-corrected chi connectivity index (χ1v) is 10.7. The lowest BCUT2D eigenvalue weighted by molar-refractivity contribution is 0.450. The normalized spacial score (nSPS) is 12.9. The third-order valence-corrected chi connectivity index (χ3v) is 8.43. The van der Waals surface area contributed by atoms with Crippen LogP contribution < -0.4 is 0 Å². The molecular formula is C16H22BrNOSi. The van der Waals surface area contributed by atoms with E-state index in [1.54, 1.807) is 0 Å². The van der Waals surface area contributed by atoms with Crippen LogP contribution in [0, 0.1) is 0 Å². The minimum absolute atomic E-state index is 0.000901. The Morgan fingerprint density at radius 2 is 1.85 bits per heavy atom. The van der Waals surface area contributed by atoms with Crippen LogP contribution in [0.15, 0.2) is 34.8 Å². The van der Waals surface area contributed by atoms with E-state index < -0.39 is 8.32 Å². The maximum atomic E-state index is 10.3. The summed E-state index contributed by atoms with van der Waals surface area (Å²) in [4.78, 5) is 15.1. The van der Waals surface area contributed by atoms with Crippen LogP contribution >= 0.6 is 15.9 Å². The van der Waals surface area contributed by atoms with Crippen LogP contribution in [0.5, 0.6) is 0 Å². The summed E-state index contributed by atoms with van der Waals surface area (Å²) >= 11 is 3.49. The Kier molecular flexibility index (Phi) is 4.37. The zero-order chi connectivity index (χ0) is 15.0. The molecule has 2 nitrogen and oxygen atoms in total. The molecule has 0 fully saturated rings. The van der Waals surface area contributed by atoms with Crippen LogP contribution in [0.3, 0.4) is 0 Å². The van der Waals surface area contributed by atoms with Gasteiger partial charge in [0.05, 0.1) is 5.52 Å². The van der Waals surface area contributed by atoms with E-state index in [1.807, 2.05) is 19.2 Å². The number of nitrogens with zero attached hydrogens (tertiary/aromatic N) is 1. The second-order valence-corrected chi connectivity index (χ2v) is 12.0. The molecule has 0 amide bonds. The average molecular weight is 352 g/mol. The Hall–Kier alpha value is -0.713. The summed E-state index contributed by atoms with van der Waals surface area (Å²) in [5, 5.41) is 1.16. The van der Waals surface area contributed by atoms with Crippen LogP contribution in [-0.2, 0) is 6.42 Å². The van der Waals surface area contributed by atoms with Crippen molar-refractivity contribution in [3.05, 3.63) is 40.5 Å². The van der Waals surface area contributed by atoms with Crippen LogP contribution in [0.1, 0.15) is 26.0 Å². The SMILES string of the molecule is CC(C)(CCc1ccc2ccc(Br)cc2n1)[Si](C)(C)O. The van der Waals surface area contributed by atoms with Crippen molar-refractivity contribution in [2.24, 2.45) is 0 Å². The first kappa shape index (κ1) is 15.7. The van der Waals surface area contributed by atoms with Gasteiger partial charge in [-0.2, -0.15) is 0 Å². The van der Waals surface area contributed by atoms with Crippen LogP contribution in [0.4, 0.5) is 0 Å². The Balaban J connectivity index is 2.18. The molecule has 0 aliphatic carbocycles. The second-order valence-electron chi connectivity index (χ2n) is 6.58. The zero-order valence-corrected chi connectivity index (χ0v) is 15.2. The van der Waals surface area contributed by atoms with Crippen molar-refractivity contribution in [1.29, 1.82) is 0 Å². The fourth-order valence-corrected chi connectivity index (χ4v) is 3.10. The summed E-state index contributed by atoms with van der Waals surface area (Å²) in [5.74, 6) is 0. The highest BCUT2D eigenvalue weighted by atomic mass is 79.9. The number of hydrogen-bond acceptors (Lipinski definition) is 2. The van der Waals surface area contributed by atoms with Gasteiger partial charge >= 0.3 is 0 Å². The van der Waals surface area contributed by atoms with Crippen molar-refractivity contribution in [2.75, 3.05) is 0 Å². The second kappa shape index (κ2) is 5.58. The van der Waals surface area contributed by atoms with E-state index in [-0.39, 0.29) is 5.04 Å². The zero-order valence-electron chi connectivity index (χ0n) is 12.6. The van der Waals surface area contributed by atoms with Crippen molar-refractivity contribution in [3.8, 4) is 0 Å². The van der Waals surface area contributed by atoms with Crippen LogP contribution in [-0.4, -0.2) is 18.1 Å². The summed E-state index contributed by atoms with van der Waals surface area (Å²) in [7, 11) is -2.14. The highest BCUT2D eigenvalue weighted by Gasteiger charge is 2.37. The van der Waals surface area contributed by atoms with E-state index in [0.717, 1.165) is 33.9 Å². The van der Waals surface area contributed by atoms with Gasteiger partial charge in [-0.25, -0.2) is 0 Å². The molecule has 4 heteroatoms. The molecule has 0 spiro atoms. The van der Waals surface area contributed by atoms with Gasteiger partial charge in [-0.05, 0) is 49.2 Å². The minimum atomic E-state index is -2.14. The molecule has 20 heavy (non-hydrogen) atoms. The molecule has 1 N–H and O–H groups in total. The molecule has 0 unspecified atom stereocenters.